The van der Waals surface area contributed by atoms with Crippen LogP contribution >= 0.6 is 11.3 Å². The molecule has 0 bridgehead atoms. The maximum absolute atomic E-state index is 11.8. The van der Waals surface area contributed by atoms with Gasteiger partial charge >= 0.3 is 5.97 Å². The summed E-state index contributed by atoms with van der Waals surface area (Å²) in [6.45, 7) is 4.65. The molecule has 0 saturated heterocycles. The second-order valence-electron chi connectivity index (χ2n) is 6.07. The van der Waals surface area contributed by atoms with Gasteiger partial charge in [0.25, 0.3) is 0 Å². The van der Waals surface area contributed by atoms with E-state index in [0.717, 1.165) is 10.7 Å². The maximum atomic E-state index is 11.8. The Balaban J connectivity index is 1.91. The molecule has 0 aliphatic rings. The molecule has 0 aliphatic heterocycles. The summed E-state index contributed by atoms with van der Waals surface area (Å²) in [5.74, 6) is -0.139. The van der Waals surface area contributed by atoms with Gasteiger partial charge in [0.15, 0.2) is 17.1 Å². The standard InChI is InChI=1S/C18H19N3O3S/c1-11(2)17-19-13(10-25-17)9-21(3)16-14(18(22)23)15(24-20-16)12-7-5-4-6-8-12/h4-8,10-11H,9H2,1-3H3,(H,22,23). The third-order valence-corrected chi connectivity index (χ3v) is 4.94. The smallest absolute Gasteiger partial charge is 0.343 e. The van der Waals surface area contributed by atoms with Gasteiger partial charge in [0.05, 0.1) is 17.2 Å². The molecule has 1 N–H and O–H groups in total. The topological polar surface area (TPSA) is 79.5 Å². The molecule has 2 heterocycles. The molecule has 0 atom stereocenters. The van der Waals surface area contributed by atoms with Gasteiger partial charge in [-0.3, -0.25) is 0 Å². The Bertz CT molecular complexity index is 871. The number of hydrogen-bond acceptors (Lipinski definition) is 6. The van der Waals surface area contributed by atoms with Crippen LogP contribution in [0.25, 0.3) is 11.3 Å². The van der Waals surface area contributed by atoms with E-state index in [-0.39, 0.29) is 11.3 Å². The summed E-state index contributed by atoms with van der Waals surface area (Å²) in [6, 6.07) is 9.12. The average Bonchev–Trinajstić information content (AvgIpc) is 3.22. The van der Waals surface area contributed by atoms with Crippen molar-refractivity contribution >= 4 is 23.1 Å². The molecule has 6 nitrogen and oxygen atoms in total. The Morgan fingerprint density at radius 1 is 1.32 bits per heavy atom. The zero-order valence-corrected chi connectivity index (χ0v) is 15.1. The highest BCUT2D eigenvalue weighted by molar-refractivity contribution is 7.09. The van der Waals surface area contributed by atoms with Gasteiger partial charge in [0.1, 0.15) is 0 Å². The van der Waals surface area contributed by atoms with Crippen LogP contribution in [-0.2, 0) is 6.54 Å². The van der Waals surface area contributed by atoms with Crippen LogP contribution in [0.5, 0.6) is 0 Å². The first-order chi connectivity index (χ1) is 12.0. The summed E-state index contributed by atoms with van der Waals surface area (Å²) < 4.78 is 5.36. The average molecular weight is 357 g/mol. The number of anilines is 1. The van der Waals surface area contributed by atoms with Crippen LogP contribution in [0.15, 0.2) is 40.2 Å². The van der Waals surface area contributed by atoms with Gasteiger partial charge in [0.2, 0.25) is 0 Å². The quantitative estimate of drug-likeness (QED) is 0.710. The number of carboxylic acid groups (broad SMARTS) is 1. The van der Waals surface area contributed by atoms with Crippen LogP contribution in [0.1, 0.15) is 40.8 Å². The third-order valence-electron chi connectivity index (χ3n) is 3.75. The first kappa shape index (κ1) is 17.2. The van der Waals surface area contributed by atoms with E-state index in [0.29, 0.717) is 23.8 Å². The Labute approximate surface area is 149 Å². The van der Waals surface area contributed by atoms with E-state index in [2.05, 4.69) is 24.0 Å². The van der Waals surface area contributed by atoms with E-state index in [1.165, 1.54) is 0 Å². The number of hydrogen-bond donors (Lipinski definition) is 1. The lowest BCUT2D eigenvalue weighted by Gasteiger charge is -2.15. The SMILES string of the molecule is CC(C)c1nc(CN(C)c2noc(-c3ccccc3)c2C(=O)O)cs1. The molecule has 130 valence electrons. The molecule has 1 aromatic carbocycles. The number of carboxylic acids is 1. The van der Waals surface area contributed by atoms with Crippen molar-refractivity contribution in [1.82, 2.24) is 10.1 Å². The predicted molar refractivity (Wildman–Crippen MR) is 97.2 cm³/mol. The van der Waals surface area contributed by atoms with Crippen LogP contribution < -0.4 is 4.90 Å². The Morgan fingerprint density at radius 2 is 2.04 bits per heavy atom. The number of benzene rings is 1. The highest BCUT2D eigenvalue weighted by Crippen LogP contribution is 2.31. The zero-order chi connectivity index (χ0) is 18.0. The Hall–Kier alpha value is -2.67. The summed E-state index contributed by atoms with van der Waals surface area (Å²) in [5.41, 5.74) is 1.63. The summed E-state index contributed by atoms with van der Waals surface area (Å²) >= 11 is 1.61. The molecule has 0 saturated carbocycles. The third kappa shape index (κ3) is 3.56. The fourth-order valence-electron chi connectivity index (χ4n) is 2.50. The van der Waals surface area contributed by atoms with Crippen molar-refractivity contribution in [2.45, 2.75) is 26.3 Å². The molecule has 0 aliphatic carbocycles. The molecule has 3 rings (SSSR count). The molecule has 0 amide bonds. The minimum atomic E-state index is -1.07. The number of nitrogens with zero attached hydrogens (tertiary/aromatic N) is 3. The largest absolute Gasteiger partial charge is 0.477 e. The Morgan fingerprint density at radius 3 is 2.64 bits per heavy atom. The van der Waals surface area contributed by atoms with Crippen molar-refractivity contribution < 1.29 is 14.4 Å². The molecule has 7 heteroatoms. The molecule has 0 radical (unpaired) electrons. The van der Waals surface area contributed by atoms with Gasteiger partial charge in [-0.2, -0.15) is 0 Å². The minimum Gasteiger partial charge on any atom is -0.477 e. The summed E-state index contributed by atoms with van der Waals surface area (Å²) in [5, 5.41) is 16.7. The lowest BCUT2D eigenvalue weighted by molar-refractivity contribution is 0.0698. The number of thiazole rings is 1. The van der Waals surface area contributed by atoms with Crippen molar-refractivity contribution in [3.05, 3.63) is 52.0 Å². The van der Waals surface area contributed by atoms with Crippen molar-refractivity contribution in [3.63, 3.8) is 0 Å². The van der Waals surface area contributed by atoms with Gasteiger partial charge < -0.3 is 14.5 Å². The van der Waals surface area contributed by atoms with E-state index >= 15 is 0 Å². The number of rotatable bonds is 6. The lowest BCUT2D eigenvalue weighted by Crippen LogP contribution is -2.19. The van der Waals surface area contributed by atoms with Crippen LogP contribution in [-0.4, -0.2) is 28.3 Å². The van der Waals surface area contributed by atoms with E-state index in [4.69, 9.17) is 4.52 Å². The van der Waals surface area contributed by atoms with Crippen LogP contribution in [0.3, 0.4) is 0 Å². The van der Waals surface area contributed by atoms with Crippen molar-refractivity contribution in [3.8, 4) is 11.3 Å². The maximum Gasteiger partial charge on any atom is 0.343 e. The van der Waals surface area contributed by atoms with Crippen LogP contribution in [0.4, 0.5) is 5.82 Å². The van der Waals surface area contributed by atoms with Crippen molar-refractivity contribution in [1.29, 1.82) is 0 Å². The molecule has 3 aromatic rings. The molecule has 0 unspecified atom stereocenters. The number of carbonyl (C=O) groups is 1. The molecular formula is C18H19N3O3S. The fourth-order valence-corrected chi connectivity index (χ4v) is 3.33. The van der Waals surface area contributed by atoms with E-state index < -0.39 is 5.97 Å². The number of aromatic nitrogens is 2. The summed E-state index contributed by atoms with van der Waals surface area (Å²) in [6.07, 6.45) is 0. The van der Waals surface area contributed by atoms with Gasteiger partial charge in [0, 0.05) is 23.9 Å². The first-order valence-corrected chi connectivity index (χ1v) is 8.79. The fraction of sp³-hybridized carbons (Fsp3) is 0.278. The van der Waals surface area contributed by atoms with Crippen molar-refractivity contribution in [2.75, 3.05) is 11.9 Å². The molecule has 0 fully saturated rings. The first-order valence-electron chi connectivity index (χ1n) is 7.91. The molecular weight excluding hydrogens is 338 g/mol. The summed E-state index contributed by atoms with van der Waals surface area (Å²) in [4.78, 5) is 18.1. The zero-order valence-electron chi connectivity index (χ0n) is 14.3. The Kier molecular flexibility index (Phi) is 4.85. The van der Waals surface area contributed by atoms with Gasteiger partial charge in [-0.1, -0.05) is 49.3 Å². The predicted octanol–water partition coefficient (Wildman–Crippen LogP) is 4.26. The highest BCUT2D eigenvalue weighted by Gasteiger charge is 2.26. The van der Waals surface area contributed by atoms with Gasteiger partial charge in [-0.15, -0.1) is 11.3 Å². The summed E-state index contributed by atoms with van der Waals surface area (Å²) in [7, 11) is 1.79. The molecule has 2 aromatic heterocycles. The monoisotopic (exact) mass is 357 g/mol. The van der Waals surface area contributed by atoms with Gasteiger partial charge in [-0.25, -0.2) is 9.78 Å². The van der Waals surface area contributed by atoms with Gasteiger partial charge in [-0.05, 0) is 0 Å². The van der Waals surface area contributed by atoms with E-state index in [9.17, 15) is 9.90 Å². The second-order valence-corrected chi connectivity index (χ2v) is 6.96. The number of aromatic carboxylic acids is 1. The lowest BCUT2D eigenvalue weighted by atomic mass is 10.1. The molecule has 25 heavy (non-hydrogen) atoms. The van der Waals surface area contributed by atoms with Crippen molar-refractivity contribution in [2.24, 2.45) is 0 Å². The minimum absolute atomic E-state index is 0.0630. The normalized spacial score (nSPS) is 11.0. The second kappa shape index (κ2) is 7.06. The van der Waals surface area contributed by atoms with E-state index in [1.54, 1.807) is 35.4 Å². The van der Waals surface area contributed by atoms with Crippen LogP contribution in [0, 0.1) is 0 Å². The van der Waals surface area contributed by atoms with Crippen LogP contribution in [0.2, 0.25) is 0 Å². The molecule has 0 spiro atoms. The highest BCUT2D eigenvalue weighted by atomic mass is 32.1. The van der Waals surface area contributed by atoms with E-state index in [1.807, 2.05) is 23.6 Å².